The van der Waals surface area contributed by atoms with Crippen molar-refractivity contribution in [3.8, 4) is 5.69 Å². The average molecular weight is 369 g/mol. The summed E-state index contributed by atoms with van der Waals surface area (Å²) < 4.78 is 14.8. The molecule has 0 radical (unpaired) electrons. The number of carbonyl (C=O) groups excluding carboxylic acids is 1. The quantitative estimate of drug-likeness (QED) is 0.787. The van der Waals surface area contributed by atoms with Crippen molar-refractivity contribution in [3.63, 3.8) is 0 Å². The van der Waals surface area contributed by atoms with Crippen LogP contribution in [0.25, 0.3) is 5.69 Å². The Hall–Kier alpha value is -1.92. The molecule has 0 aliphatic heterocycles. The third-order valence-corrected chi connectivity index (χ3v) is 4.53. The summed E-state index contributed by atoms with van der Waals surface area (Å²) in [4.78, 5) is 12.5. The van der Waals surface area contributed by atoms with Gasteiger partial charge in [-0.15, -0.1) is 12.4 Å². The van der Waals surface area contributed by atoms with E-state index in [0.717, 1.165) is 24.2 Å². The van der Waals surface area contributed by atoms with Gasteiger partial charge in [0.25, 0.3) is 5.91 Å². The molecule has 1 aromatic carbocycles. The lowest BCUT2D eigenvalue weighted by atomic mass is 9.94. The number of nitrogens with one attached hydrogen (secondary N) is 1. The Morgan fingerprint density at radius 2 is 1.84 bits per heavy atom. The molecule has 0 unspecified atom stereocenters. The van der Waals surface area contributed by atoms with E-state index in [4.69, 9.17) is 5.73 Å². The number of rotatable bonds is 7. The Morgan fingerprint density at radius 3 is 2.36 bits per heavy atom. The van der Waals surface area contributed by atoms with Crippen molar-refractivity contribution in [1.82, 2.24) is 15.1 Å². The topological polar surface area (TPSA) is 72.9 Å². The normalized spacial score (nSPS) is 11.1. The molecule has 0 atom stereocenters. The van der Waals surface area contributed by atoms with Crippen LogP contribution in [0.15, 0.2) is 30.5 Å². The Morgan fingerprint density at radius 1 is 1.24 bits per heavy atom. The highest BCUT2D eigenvalue weighted by atomic mass is 35.5. The maximum absolute atomic E-state index is 13.1. The zero-order valence-electron chi connectivity index (χ0n) is 14.9. The molecule has 0 saturated heterocycles. The first-order chi connectivity index (χ1) is 11.4. The first-order valence-electron chi connectivity index (χ1n) is 8.34. The fourth-order valence-electron chi connectivity index (χ4n) is 2.56. The molecule has 2 rings (SSSR count). The summed E-state index contributed by atoms with van der Waals surface area (Å²) in [6, 6.07) is 6.04. The van der Waals surface area contributed by atoms with Gasteiger partial charge in [-0.25, -0.2) is 9.07 Å². The highest BCUT2D eigenvalue weighted by Gasteiger charge is 2.23. The molecule has 138 valence electrons. The smallest absolute Gasteiger partial charge is 0.254 e. The van der Waals surface area contributed by atoms with Crippen molar-refractivity contribution >= 4 is 18.3 Å². The number of amides is 1. The van der Waals surface area contributed by atoms with E-state index >= 15 is 0 Å². The van der Waals surface area contributed by atoms with E-state index in [2.05, 4.69) is 10.4 Å². The minimum absolute atomic E-state index is 0. The van der Waals surface area contributed by atoms with Gasteiger partial charge in [0.05, 0.1) is 23.1 Å². The second-order valence-electron chi connectivity index (χ2n) is 6.00. The van der Waals surface area contributed by atoms with Gasteiger partial charge in [-0.2, -0.15) is 5.10 Å². The van der Waals surface area contributed by atoms with Crippen LogP contribution >= 0.6 is 12.4 Å². The minimum Gasteiger partial charge on any atom is -0.350 e. The van der Waals surface area contributed by atoms with Crippen molar-refractivity contribution in [2.75, 3.05) is 6.54 Å². The van der Waals surface area contributed by atoms with Crippen LogP contribution in [0.5, 0.6) is 0 Å². The maximum atomic E-state index is 13.1. The molecule has 1 aromatic heterocycles. The molecule has 0 bridgehead atoms. The monoisotopic (exact) mass is 368 g/mol. The van der Waals surface area contributed by atoms with E-state index in [-0.39, 0.29) is 24.1 Å². The highest BCUT2D eigenvalue weighted by molar-refractivity contribution is 5.95. The summed E-state index contributed by atoms with van der Waals surface area (Å²) in [6.07, 6.45) is 3.77. The molecule has 5 nitrogen and oxygen atoms in total. The van der Waals surface area contributed by atoms with Crippen LogP contribution in [0.2, 0.25) is 0 Å². The lowest BCUT2D eigenvalue weighted by Gasteiger charge is -2.26. The zero-order chi connectivity index (χ0) is 17.7. The lowest BCUT2D eigenvalue weighted by Crippen LogP contribution is -2.49. The largest absolute Gasteiger partial charge is 0.350 e. The van der Waals surface area contributed by atoms with Crippen LogP contribution in [0, 0.1) is 5.82 Å². The summed E-state index contributed by atoms with van der Waals surface area (Å²) in [6.45, 7) is 6.40. The van der Waals surface area contributed by atoms with Crippen molar-refractivity contribution < 1.29 is 9.18 Å². The van der Waals surface area contributed by atoms with Crippen LogP contribution in [0.1, 0.15) is 49.7 Å². The third-order valence-electron chi connectivity index (χ3n) is 4.53. The number of nitrogens with two attached hydrogens (primary N) is 1. The van der Waals surface area contributed by atoms with Gasteiger partial charge in [0, 0.05) is 12.1 Å². The standard InChI is InChI=1S/C18H25FN4O.ClH/c1-4-16-15(17(24)21-12-18(20,5-2)6-3)11-22-23(16)14-9-7-13(19)8-10-14;/h7-11H,4-6,12,20H2,1-3H3,(H,21,24);1H. The highest BCUT2D eigenvalue weighted by Crippen LogP contribution is 2.17. The van der Waals surface area contributed by atoms with Crippen molar-refractivity contribution in [3.05, 3.63) is 47.5 Å². The van der Waals surface area contributed by atoms with Gasteiger partial charge < -0.3 is 11.1 Å². The minimum atomic E-state index is -0.394. The molecule has 3 N–H and O–H groups in total. The Bertz CT molecular complexity index is 696. The van der Waals surface area contributed by atoms with Crippen LogP contribution in [-0.4, -0.2) is 27.8 Å². The molecular weight excluding hydrogens is 343 g/mol. The fraction of sp³-hybridized carbons (Fsp3) is 0.444. The van der Waals surface area contributed by atoms with Gasteiger partial charge in [0.15, 0.2) is 0 Å². The molecular formula is C18H26ClFN4O. The van der Waals surface area contributed by atoms with Crippen molar-refractivity contribution in [2.24, 2.45) is 5.73 Å². The maximum Gasteiger partial charge on any atom is 0.254 e. The number of halogens is 2. The van der Waals surface area contributed by atoms with E-state index < -0.39 is 5.54 Å². The second kappa shape index (κ2) is 8.97. The summed E-state index contributed by atoms with van der Waals surface area (Å²) in [5, 5.41) is 7.21. The summed E-state index contributed by atoms with van der Waals surface area (Å²) in [5.74, 6) is -0.489. The molecule has 1 heterocycles. The van der Waals surface area contributed by atoms with E-state index in [0.29, 0.717) is 18.5 Å². The van der Waals surface area contributed by atoms with Crippen molar-refractivity contribution in [1.29, 1.82) is 0 Å². The van der Waals surface area contributed by atoms with Crippen LogP contribution in [-0.2, 0) is 6.42 Å². The number of carbonyl (C=O) groups is 1. The molecule has 0 aliphatic rings. The Labute approximate surface area is 154 Å². The van der Waals surface area contributed by atoms with Gasteiger partial charge >= 0.3 is 0 Å². The van der Waals surface area contributed by atoms with E-state index in [1.807, 2.05) is 20.8 Å². The summed E-state index contributed by atoms with van der Waals surface area (Å²) in [7, 11) is 0. The van der Waals surface area contributed by atoms with Gasteiger partial charge in [-0.05, 0) is 43.5 Å². The molecule has 7 heteroatoms. The number of hydrogen-bond acceptors (Lipinski definition) is 3. The first-order valence-corrected chi connectivity index (χ1v) is 8.34. The first kappa shape index (κ1) is 21.1. The predicted molar refractivity (Wildman–Crippen MR) is 100.0 cm³/mol. The van der Waals surface area contributed by atoms with Gasteiger partial charge in [-0.1, -0.05) is 20.8 Å². The summed E-state index contributed by atoms with van der Waals surface area (Å²) >= 11 is 0. The van der Waals surface area contributed by atoms with Gasteiger partial charge in [0.1, 0.15) is 5.82 Å². The predicted octanol–water partition coefficient (Wildman–Crippen LogP) is 3.24. The third kappa shape index (κ3) is 4.80. The Balaban J connectivity index is 0.00000312. The number of hydrogen-bond donors (Lipinski definition) is 2. The SMILES string of the molecule is CCc1c(C(=O)NCC(N)(CC)CC)cnn1-c1ccc(F)cc1.Cl. The van der Waals surface area contributed by atoms with E-state index in [9.17, 15) is 9.18 Å². The molecule has 0 fully saturated rings. The van der Waals surface area contributed by atoms with Gasteiger partial charge in [-0.3, -0.25) is 4.79 Å². The molecule has 2 aromatic rings. The van der Waals surface area contributed by atoms with E-state index in [1.54, 1.807) is 23.0 Å². The molecule has 1 amide bonds. The number of aromatic nitrogens is 2. The number of benzene rings is 1. The molecule has 0 aliphatic carbocycles. The van der Waals surface area contributed by atoms with Gasteiger partial charge in [0.2, 0.25) is 0 Å². The average Bonchev–Trinajstić information content (AvgIpc) is 3.04. The lowest BCUT2D eigenvalue weighted by molar-refractivity contribution is 0.0941. The van der Waals surface area contributed by atoms with E-state index in [1.165, 1.54) is 12.1 Å². The molecule has 25 heavy (non-hydrogen) atoms. The van der Waals surface area contributed by atoms with Crippen LogP contribution in [0.3, 0.4) is 0 Å². The number of nitrogens with zero attached hydrogens (tertiary/aromatic N) is 2. The second-order valence-corrected chi connectivity index (χ2v) is 6.00. The fourth-order valence-corrected chi connectivity index (χ4v) is 2.56. The molecule has 0 spiro atoms. The summed E-state index contributed by atoms with van der Waals surface area (Å²) in [5.41, 5.74) is 7.87. The molecule has 0 saturated carbocycles. The zero-order valence-corrected chi connectivity index (χ0v) is 15.7. The van der Waals surface area contributed by atoms with Crippen molar-refractivity contribution in [2.45, 2.75) is 45.6 Å². The van der Waals surface area contributed by atoms with Crippen LogP contribution in [0.4, 0.5) is 4.39 Å². The van der Waals surface area contributed by atoms with Crippen LogP contribution < -0.4 is 11.1 Å². The Kier molecular flexibility index (Phi) is 7.58.